The van der Waals surface area contributed by atoms with E-state index >= 15 is 0 Å². The lowest BCUT2D eigenvalue weighted by Gasteiger charge is -2.50. The highest BCUT2D eigenvalue weighted by Gasteiger charge is 2.56. The average molecular weight is 515 g/mol. The minimum atomic E-state index is -3.87. The van der Waals surface area contributed by atoms with Crippen molar-refractivity contribution in [3.63, 3.8) is 0 Å². The number of aromatic hydroxyl groups is 1. The second-order valence-electron chi connectivity index (χ2n) is 10.6. The first kappa shape index (κ1) is 24.9. The lowest BCUT2D eigenvalue weighted by atomic mass is 9.55. The number of nitrogens with one attached hydrogen (secondary N) is 1. The number of rotatable bonds is 6. The Hall–Kier alpha value is -2.78. The summed E-state index contributed by atoms with van der Waals surface area (Å²) in [4.78, 5) is 13.0. The number of carbonyl (C=O) groups excluding carboxylic acids is 1. The second-order valence-corrected chi connectivity index (χ2v) is 11.9. The Labute approximate surface area is 212 Å². The number of aryl methyl sites for hydroxylation is 1. The number of esters is 1. The predicted molar refractivity (Wildman–Crippen MR) is 136 cm³/mol. The molecule has 9 heteroatoms. The molecule has 2 saturated carbocycles. The first-order valence-electron chi connectivity index (χ1n) is 12.7. The number of hydrogen-bond acceptors (Lipinski definition) is 6. The molecule has 2 aromatic rings. The largest absolute Gasteiger partial charge is 0.504 e. The summed E-state index contributed by atoms with van der Waals surface area (Å²) in [7, 11) is -3.87. The van der Waals surface area contributed by atoms with Crippen molar-refractivity contribution in [1.82, 2.24) is 0 Å². The number of carbonyl (C=O) groups is 1. The summed E-state index contributed by atoms with van der Waals surface area (Å²) in [6.45, 7) is 4.71. The molecule has 0 saturated heterocycles. The quantitative estimate of drug-likeness (QED) is 0.488. The summed E-state index contributed by atoms with van der Waals surface area (Å²) < 4.78 is 36.3. The number of anilines is 1. The third kappa shape index (κ3) is 4.54. The van der Waals surface area contributed by atoms with Crippen LogP contribution in [-0.4, -0.2) is 32.2 Å². The molecule has 0 aromatic heterocycles. The molecule has 0 spiro atoms. The number of ether oxygens (including phenoxy) is 2. The van der Waals surface area contributed by atoms with E-state index < -0.39 is 16.2 Å². The maximum Gasteiger partial charge on any atom is 0.338 e. The predicted octanol–water partition coefficient (Wildman–Crippen LogP) is 4.49. The van der Waals surface area contributed by atoms with Crippen molar-refractivity contribution < 1.29 is 27.8 Å². The van der Waals surface area contributed by atoms with E-state index in [4.69, 9.17) is 14.6 Å². The van der Waals surface area contributed by atoms with Crippen LogP contribution in [0, 0.1) is 17.3 Å². The molecule has 194 valence electrons. The molecule has 0 radical (unpaired) electrons. The van der Waals surface area contributed by atoms with Gasteiger partial charge >= 0.3 is 5.97 Å². The van der Waals surface area contributed by atoms with E-state index in [1.807, 2.05) is 13.0 Å². The van der Waals surface area contributed by atoms with Gasteiger partial charge in [-0.15, -0.1) is 0 Å². The van der Waals surface area contributed by atoms with Crippen molar-refractivity contribution in [3.8, 4) is 11.5 Å². The zero-order valence-corrected chi connectivity index (χ0v) is 21.5. The van der Waals surface area contributed by atoms with Crippen molar-refractivity contribution in [2.24, 2.45) is 22.4 Å². The fourth-order valence-electron chi connectivity index (χ4n) is 7.04. The van der Waals surface area contributed by atoms with Gasteiger partial charge in [0, 0.05) is 11.1 Å². The summed E-state index contributed by atoms with van der Waals surface area (Å²) in [6.07, 6.45) is 5.71. The average Bonchev–Trinajstić information content (AvgIpc) is 3.15. The third-order valence-electron chi connectivity index (χ3n) is 8.65. The van der Waals surface area contributed by atoms with E-state index in [9.17, 15) is 18.3 Å². The Balaban J connectivity index is 1.31. The Morgan fingerprint density at radius 2 is 1.92 bits per heavy atom. The van der Waals surface area contributed by atoms with Crippen LogP contribution >= 0.6 is 0 Å². The molecule has 0 amide bonds. The zero-order valence-electron chi connectivity index (χ0n) is 20.7. The standard InChI is InChI=1S/C27H34N2O6S/c1-3-34-24-15-21-17(14-23(24)30)6-9-20-19(21)12-13-27(2)22(20)10-11-25(27)35-26(31)16-4-7-18(8-5-16)29-36(28,32)33/h4-5,7-8,14-15,19-20,22,25,29-30H,3,6,9-13H2,1-2H3,(H2,28,32,33)/t19-,20+,22-,25-,27-/m0/s1. The van der Waals surface area contributed by atoms with Gasteiger partial charge in [-0.3, -0.25) is 4.72 Å². The van der Waals surface area contributed by atoms with Crippen molar-refractivity contribution in [2.45, 2.75) is 64.4 Å². The monoisotopic (exact) mass is 514 g/mol. The van der Waals surface area contributed by atoms with Crippen molar-refractivity contribution in [3.05, 3.63) is 53.1 Å². The van der Waals surface area contributed by atoms with E-state index in [1.165, 1.54) is 23.3 Å². The number of benzene rings is 2. The number of nitrogens with two attached hydrogens (primary N) is 1. The molecule has 0 aliphatic heterocycles. The van der Waals surface area contributed by atoms with Crippen LogP contribution in [0.25, 0.3) is 0 Å². The topological polar surface area (TPSA) is 128 Å². The van der Waals surface area contributed by atoms with Gasteiger partial charge in [0.05, 0.1) is 12.2 Å². The summed E-state index contributed by atoms with van der Waals surface area (Å²) in [5.74, 6) is 1.80. The Morgan fingerprint density at radius 1 is 1.17 bits per heavy atom. The van der Waals surface area contributed by atoms with E-state index in [-0.39, 0.29) is 17.3 Å². The van der Waals surface area contributed by atoms with Gasteiger partial charge in [0.15, 0.2) is 11.5 Å². The van der Waals surface area contributed by atoms with Crippen LogP contribution in [0.3, 0.4) is 0 Å². The lowest BCUT2D eigenvalue weighted by molar-refractivity contribution is -0.0428. The lowest BCUT2D eigenvalue weighted by Crippen LogP contribution is -2.45. The van der Waals surface area contributed by atoms with Gasteiger partial charge in [0.1, 0.15) is 6.10 Å². The van der Waals surface area contributed by atoms with Crippen molar-refractivity contribution >= 4 is 21.9 Å². The van der Waals surface area contributed by atoms with Gasteiger partial charge in [0.2, 0.25) is 0 Å². The molecule has 2 aromatic carbocycles. The van der Waals surface area contributed by atoms with Crippen LogP contribution in [0.1, 0.15) is 73.4 Å². The molecule has 4 N–H and O–H groups in total. The smallest absolute Gasteiger partial charge is 0.338 e. The van der Waals surface area contributed by atoms with Crippen LogP contribution < -0.4 is 14.6 Å². The fourth-order valence-corrected chi connectivity index (χ4v) is 7.50. The zero-order chi connectivity index (χ0) is 25.7. The minimum absolute atomic E-state index is 0.0802. The number of fused-ring (bicyclic) bond motifs is 5. The maximum atomic E-state index is 13.0. The molecule has 5 atom stereocenters. The Kier molecular flexibility index (Phi) is 6.41. The first-order chi connectivity index (χ1) is 17.1. The third-order valence-corrected chi connectivity index (χ3v) is 9.17. The van der Waals surface area contributed by atoms with Crippen LogP contribution in [-0.2, 0) is 21.4 Å². The minimum Gasteiger partial charge on any atom is -0.504 e. The molecule has 36 heavy (non-hydrogen) atoms. The van der Waals surface area contributed by atoms with Gasteiger partial charge < -0.3 is 14.6 Å². The number of phenols is 1. The summed E-state index contributed by atoms with van der Waals surface area (Å²) in [5.41, 5.74) is 3.12. The SMILES string of the molecule is CCOc1cc2c(cc1O)CC[C@@H]1[C@@H]2CC[C@]2(C)[C@@H](OC(=O)c3ccc(NS(N)(=O)=O)cc3)CC[C@@H]12. The Bertz CT molecular complexity index is 1260. The molecule has 0 unspecified atom stereocenters. The van der Waals surface area contributed by atoms with Gasteiger partial charge in [-0.2, -0.15) is 8.42 Å². The summed E-state index contributed by atoms with van der Waals surface area (Å²) >= 11 is 0. The maximum absolute atomic E-state index is 13.0. The molecule has 5 rings (SSSR count). The molecular formula is C27H34N2O6S. The highest BCUT2D eigenvalue weighted by atomic mass is 32.2. The van der Waals surface area contributed by atoms with Gasteiger partial charge in [-0.25, -0.2) is 9.93 Å². The normalized spacial score (nSPS) is 29.0. The molecule has 0 heterocycles. The molecule has 8 nitrogen and oxygen atoms in total. The highest BCUT2D eigenvalue weighted by Crippen LogP contribution is 2.62. The summed E-state index contributed by atoms with van der Waals surface area (Å²) in [6, 6.07) is 10.0. The molecular weight excluding hydrogens is 480 g/mol. The van der Waals surface area contributed by atoms with E-state index in [2.05, 4.69) is 17.7 Å². The van der Waals surface area contributed by atoms with Crippen LogP contribution in [0.4, 0.5) is 5.69 Å². The first-order valence-corrected chi connectivity index (χ1v) is 14.2. The fraction of sp³-hybridized carbons (Fsp3) is 0.519. The van der Waals surface area contributed by atoms with E-state index in [1.54, 1.807) is 12.1 Å². The van der Waals surface area contributed by atoms with Crippen LogP contribution in [0.2, 0.25) is 0 Å². The van der Waals surface area contributed by atoms with E-state index in [0.717, 1.165) is 38.5 Å². The molecule has 3 aliphatic rings. The molecule has 2 fully saturated rings. The van der Waals surface area contributed by atoms with Crippen molar-refractivity contribution in [2.75, 3.05) is 11.3 Å². The van der Waals surface area contributed by atoms with Gasteiger partial charge in [0.25, 0.3) is 10.2 Å². The van der Waals surface area contributed by atoms with Gasteiger partial charge in [-0.1, -0.05) is 6.92 Å². The Morgan fingerprint density at radius 3 is 2.61 bits per heavy atom. The van der Waals surface area contributed by atoms with Crippen LogP contribution in [0.5, 0.6) is 11.5 Å². The molecule has 0 bridgehead atoms. The van der Waals surface area contributed by atoms with E-state index in [0.29, 0.717) is 41.4 Å². The summed E-state index contributed by atoms with van der Waals surface area (Å²) in [5, 5.41) is 15.4. The van der Waals surface area contributed by atoms with Crippen molar-refractivity contribution in [1.29, 1.82) is 0 Å². The highest BCUT2D eigenvalue weighted by molar-refractivity contribution is 7.90. The number of phenolic OH excluding ortho intramolecular Hbond substituents is 1. The number of hydrogen-bond donors (Lipinski definition) is 3. The molecule has 3 aliphatic carbocycles. The second kappa shape index (κ2) is 9.27. The van der Waals surface area contributed by atoms with Gasteiger partial charge in [-0.05, 0) is 111 Å². The van der Waals surface area contributed by atoms with Crippen LogP contribution in [0.15, 0.2) is 36.4 Å².